The number of aliphatic hydroxyl groups excluding tert-OH is 5. The van der Waals surface area contributed by atoms with Gasteiger partial charge >= 0.3 is 19.8 Å². The van der Waals surface area contributed by atoms with Crippen LogP contribution in [0, 0.1) is 0 Å². The maximum absolute atomic E-state index is 12.9. The van der Waals surface area contributed by atoms with Crippen LogP contribution in [0.5, 0.6) is 0 Å². The number of unbranched alkanes of at least 4 members (excludes halogenated alkanes) is 27. The summed E-state index contributed by atoms with van der Waals surface area (Å²) in [7, 11) is -5.14. The number of carbonyl (C=O) groups is 2. The van der Waals surface area contributed by atoms with Gasteiger partial charge in [0, 0.05) is 12.8 Å². The highest BCUT2D eigenvalue weighted by Gasteiger charge is 2.51. The van der Waals surface area contributed by atoms with Crippen molar-refractivity contribution in [3.05, 3.63) is 48.6 Å². The number of allylic oxidation sites excluding steroid dienone is 8. The first-order valence-electron chi connectivity index (χ1n) is 27.9. The highest BCUT2D eigenvalue weighted by Crippen LogP contribution is 2.47. The maximum atomic E-state index is 12.9. The van der Waals surface area contributed by atoms with Gasteiger partial charge in [0.25, 0.3) is 0 Å². The Hall–Kier alpha value is -2.19. The fourth-order valence-electron chi connectivity index (χ4n) is 8.46. The molecule has 1 aliphatic rings. The highest BCUT2D eigenvalue weighted by atomic mass is 31.2. The molecular weight excluding hydrogens is 912 g/mol. The second-order valence-electron chi connectivity index (χ2n) is 19.4. The second kappa shape index (κ2) is 45.4. The minimum atomic E-state index is -5.14. The lowest BCUT2D eigenvalue weighted by atomic mass is 9.85. The van der Waals surface area contributed by atoms with Crippen molar-refractivity contribution in [2.24, 2.45) is 0 Å². The van der Waals surface area contributed by atoms with E-state index in [1.807, 2.05) is 12.2 Å². The largest absolute Gasteiger partial charge is 0.472 e. The first kappa shape index (κ1) is 65.8. The number of carbonyl (C=O) groups excluding carboxylic acids is 2. The van der Waals surface area contributed by atoms with Crippen molar-refractivity contribution in [2.75, 3.05) is 13.2 Å². The monoisotopic (exact) mass is 1010 g/mol. The molecule has 0 heterocycles. The molecule has 0 radical (unpaired) electrons. The van der Waals surface area contributed by atoms with E-state index in [1.54, 1.807) is 0 Å². The molecule has 0 amide bonds. The van der Waals surface area contributed by atoms with Crippen LogP contribution < -0.4 is 0 Å². The SMILES string of the molecule is CCCCCCCCC/C=C/C/C=C/C/C=C/C/C=C/CCCC(=O)O[C@@H](COC(=O)CCCCCCCCCCCCCCCCCCCCCC)COP(=O)(O)OC1C(O)C(O)C(O)[C@H](O)C1O. The molecule has 6 N–H and O–H groups in total. The van der Waals surface area contributed by atoms with Crippen molar-refractivity contribution in [1.29, 1.82) is 0 Å². The molecule has 0 aromatic heterocycles. The number of phosphoric acid groups is 1. The zero-order valence-electron chi connectivity index (χ0n) is 43.8. The van der Waals surface area contributed by atoms with Gasteiger partial charge in [-0.15, -0.1) is 0 Å². The lowest BCUT2D eigenvalue weighted by Gasteiger charge is -2.41. The summed E-state index contributed by atoms with van der Waals surface area (Å²) in [4.78, 5) is 35.9. The van der Waals surface area contributed by atoms with Gasteiger partial charge in [-0.3, -0.25) is 18.6 Å². The predicted octanol–water partition coefficient (Wildman–Crippen LogP) is 12.7. The van der Waals surface area contributed by atoms with E-state index < -0.39 is 75.7 Å². The Balaban J connectivity index is 2.40. The Bertz CT molecular complexity index is 1400. The first-order chi connectivity index (χ1) is 33.9. The number of esters is 2. The van der Waals surface area contributed by atoms with E-state index in [0.717, 1.165) is 44.9 Å². The molecule has 14 heteroatoms. The van der Waals surface area contributed by atoms with E-state index in [4.69, 9.17) is 18.5 Å². The summed E-state index contributed by atoms with van der Waals surface area (Å²) in [5.74, 6) is -1.16. The summed E-state index contributed by atoms with van der Waals surface area (Å²) in [6, 6.07) is 0. The summed E-state index contributed by atoms with van der Waals surface area (Å²) < 4.78 is 33.6. The molecule has 0 spiro atoms. The standard InChI is InChI=1S/C56H101O13P/c1-3-5-7-9-11-13-15-17-19-21-23-25-27-29-31-33-35-37-39-41-43-45-50(58)68-48(47-67-70(64,65)69-56-54(62)52(60)51(59)53(61)55(56)63)46-66-49(57)44-42-40-38-36-34-32-30-28-26-24-22-20-18-16-14-12-10-8-6-4-2/h19,21,25,27,31,33,37,39,48,51-56,59-63H,3-18,20,22-24,26,28-30,32,34-36,38,40-47H2,1-2H3,(H,64,65)/b21-19+,27-25+,33-31+,39-37+/t48-,51?,52-,53?,54?,55?,56?/m0/s1. The van der Waals surface area contributed by atoms with Gasteiger partial charge in [0.2, 0.25) is 0 Å². The van der Waals surface area contributed by atoms with Crippen LogP contribution in [0.3, 0.4) is 0 Å². The van der Waals surface area contributed by atoms with Crippen molar-refractivity contribution >= 4 is 19.8 Å². The summed E-state index contributed by atoms with van der Waals surface area (Å²) in [5, 5.41) is 50.3. The molecule has 408 valence electrons. The zero-order valence-corrected chi connectivity index (χ0v) is 44.7. The van der Waals surface area contributed by atoms with Gasteiger partial charge in [-0.2, -0.15) is 0 Å². The molecule has 1 rings (SSSR count). The van der Waals surface area contributed by atoms with Crippen LogP contribution in [-0.4, -0.2) is 98.3 Å². The van der Waals surface area contributed by atoms with Gasteiger partial charge in [0.1, 0.15) is 43.2 Å². The molecule has 1 fully saturated rings. The fourth-order valence-corrected chi connectivity index (χ4v) is 9.43. The van der Waals surface area contributed by atoms with Crippen molar-refractivity contribution < 1.29 is 63.1 Å². The lowest BCUT2D eigenvalue weighted by Crippen LogP contribution is -2.64. The quantitative estimate of drug-likeness (QED) is 0.0145. The van der Waals surface area contributed by atoms with Crippen LogP contribution in [0.25, 0.3) is 0 Å². The molecule has 1 aliphatic carbocycles. The van der Waals surface area contributed by atoms with E-state index in [0.29, 0.717) is 19.3 Å². The Kier molecular flexibility index (Phi) is 42.7. The van der Waals surface area contributed by atoms with Crippen molar-refractivity contribution in [1.82, 2.24) is 0 Å². The van der Waals surface area contributed by atoms with E-state index in [1.165, 1.54) is 148 Å². The highest BCUT2D eigenvalue weighted by molar-refractivity contribution is 7.47. The third-order valence-electron chi connectivity index (χ3n) is 12.9. The minimum absolute atomic E-state index is 0.0220. The smallest absolute Gasteiger partial charge is 0.462 e. The van der Waals surface area contributed by atoms with Gasteiger partial charge < -0.3 is 39.9 Å². The average Bonchev–Trinajstić information content (AvgIpc) is 3.34. The minimum Gasteiger partial charge on any atom is -0.462 e. The summed E-state index contributed by atoms with van der Waals surface area (Å²) in [6.07, 6.45) is 43.1. The molecule has 70 heavy (non-hydrogen) atoms. The summed E-state index contributed by atoms with van der Waals surface area (Å²) in [6.45, 7) is 3.30. The number of hydrogen-bond donors (Lipinski definition) is 6. The molecule has 0 saturated heterocycles. The topological polar surface area (TPSA) is 210 Å². The third-order valence-corrected chi connectivity index (χ3v) is 13.9. The molecule has 1 saturated carbocycles. The fraction of sp³-hybridized carbons (Fsp3) is 0.821. The van der Waals surface area contributed by atoms with Crippen molar-refractivity contribution in [2.45, 2.75) is 281 Å². The van der Waals surface area contributed by atoms with Crippen molar-refractivity contribution in [3.63, 3.8) is 0 Å². The Morgan fingerprint density at radius 3 is 1.21 bits per heavy atom. The van der Waals surface area contributed by atoms with E-state index in [9.17, 15) is 44.6 Å². The normalized spacial score (nSPS) is 21.1. The molecule has 0 aromatic carbocycles. The molecular formula is C56H101O13P. The van der Waals surface area contributed by atoms with Crippen LogP contribution in [-0.2, 0) is 32.7 Å². The van der Waals surface area contributed by atoms with E-state index in [-0.39, 0.29) is 12.8 Å². The van der Waals surface area contributed by atoms with E-state index >= 15 is 0 Å². The van der Waals surface area contributed by atoms with Gasteiger partial charge in [-0.25, -0.2) is 4.57 Å². The number of aliphatic hydroxyl groups is 5. The molecule has 0 bridgehead atoms. The van der Waals surface area contributed by atoms with Gasteiger partial charge in [0.15, 0.2) is 6.10 Å². The average molecular weight is 1010 g/mol. The van der Waals surface area contributed by atoms with Gasteiger partial charge in [-0.05, 0) is 51.4 Å². The maximum Gasteiger partial charge on any atom is 0.472 e. The Morgan fingerprint density at radius 2 is 0.786 bits per heavy atom. The van der Waals surface area contributed by atoms with Crippen LogP contribution in [0.15, 0.2) is 48.6 Å². The summed E-state index contributed by atoms with van der Waals surface area (Å²) >= 11 is 0. The Labute approximate surface area is 424 Å². The number of hydrogen-bond acceptors (Lipinski definition) is 12. The Morgan fingerprint density at radius 1 is 0.443 bits per heavy atom. The number of ether oxygens (including phenoxy) is 2. The van der Waals surface area contributed by atoms with Gasteiger partial charge in [0.05, 0.1) is 6.61 Å². The lowest BCUT2D eigenvalue weighted by molar-refractivity contribution is -0.220. The molecule has 6 unspecified atom stereocenters. The number of rotatable bonds is 47. The van der Waals surface area contributed by atoms with Crippen LogP contribution in [0.1, 0.15) is 239 Å². The van der Waals surface area contributed by atoms with Crippen LogP contribution in [0.4, 0.5) is 0 Å². The molecule has 13 nitrogen and oxygen atoms in total. The third kappa shape index (κ3) is 36.7. The van der Waals surface area contributed by atoms with Gasteiger partial charge in [-0.1, -0.05) is 223 Å². The summed E-state index contributed by atoms with van der Waals surface area (Å²) in [5.41, 5.74) is 0. The van der Waals surface area contributed by atoms with E-state index in [2.05, 4.69) is 50.3 Å². The van der Waals surface area contributed by atoms with Crippen molar-refractivity contribution in [3.8, 4) is 0 Å². The molecule has 0 aliphatic heterocycles. The second-order valence-corrected chi connectivity index (χ2v) is 20.9. The van der Waals surface area contributed by atoms with Crippen LogP contribution >= 0.6 is 7.82 Å². The first-order valence-corrected chi connectivity index (χ1v) is 29.4. The molecule has 8 atom stereocenters. The zero-order chi connectivity index (χ0) is 51.3. The number of phosphoric ester groups is 1. The molecule has 0 aromatic rings. The van der Waals surface area contributed by atoms with Crippen LogP contribution in [0.2, 0.25) is 0 Å². The predicted molar refractivity (Wildman–Crippen MR) is 281 cm³/mol.